The lowest BCUT2D eigenvalue weighted by atomic mass is 9.87. The minimum absolute atomic E-state index is 0.241. The molecule has 4 aromatic carbocycles. The zero-order chi connectivity index (χ0) is 27.9. The maximum absolute atomic E-state index is 14.7. The Balaban J connectivity index is 2.06. The third kappa shape index (κ3) is 4.83. The fourth-order valence-electron chi connectivity index (χ4n) is 3.92. The van der Waals surface area contributed by atoms with E-state index in [2.05, 4.69) is 3.63 Å². The zero-order valence-corrected chi connectivity index (χ0v) is 22.2. The minimum atomic E-state index is -5.46. The van der Waals surface area contributed by atoms with Gasteiger partial charge in [0.05, 0.1) is 25.0 Å². The van der Waals surface area contributed by atoms with Crippen LogP contribution in [0.2, 0.25) is 0 Å². The van der Waals surface area contributed by atoms with Gasteiger partial charge in [-0.2, -0.15) is 0 Å². The van der Waals surface area contributed by atoms with E-state index < -0.39 is 54.4 Å². The van der Waals surface area contributed by atoms with E-state index in [0.29, 0.717) is 14.7 Å². The molecule has 0 aliphatic heterocycles. The van der Waals surface area contributed by atoms with Crippen molar-refractivity contribution < 1.29 is 34.0 Å². The summed E-state index contributed by atoms with van der Waals surface area (Å²) in [5.74, 6) is -12.1. The summed E-state index contributed by atoms with van der Waals surface area (Å²) < 4.78 is 102. The van der Waals surface area contributed by atoms with Crippen LogP contribution in [0.25, 0.3) is 0 Å². The maximum atomic E-state index is 14.7. The highest BCUT2D eigenvalue weighted by atomic mass is 32.3. The predicted octanol–water partition coefficient (Wildman–Crippen LogP) is 8.36. The van der Waals surface area contributed by atoms with Crippen LogP contribution in [0.15, 0.2) is 105 Å². The van der Waals surface area contributed by atoms with Gasteiger partial charge in [-0.3, -0.25) is 3.63 Å². The van der Waals surface area contributed by atoms with Crippen molar-refractivity contribution in [1.82, 2.24) is 0 Å². The molecule has 0 unspecified atom stereocenters. The van der Waals surface area contributed by atoms with Gasteiger partial charge in [-0.05, 0) is 47.4 Å². The Bertz CT molecular complexity index is 1500. The number of halogens is 5. The van der Waals surface area contributed by atoms with E-state index in [1.807, 2.05) is 20.8 Å². The Morgan fingerprint density at radius 3 is 1.32 bits per heavy atom. The summed E-state index contributed by atoms with van der Waals surface area (Å²) in [7, 11) is -8.66. The summed E-state index contributed by atoms with van der Waals surface area (Å²) in [4.78, 5) is -0.858. The van der Waals surface area contributed by atoms with E-state index in [0.717, 1.165) is 5.56 Å². The van der Waals surface area contributed by atoms with Gasteiger partial charge < -0.3 is 0 Å². The normalized spacial score (nSPS) is 12.9. The molecule has 0 saturated carbocycles. The highest BCUT2D eigenvalue weighted by Gasteiger charge is 2.47. The third-order valence-electron chi connectivity index (χ3n) is 5.87. The molecule has 0 aromatic heterocycles. The summed E-state index contributed by atoms with van der Waals surface area (Å²) >= 11 is 0. The molecular formula is C28H24F5O3S2+. The predicted molar refractivity (Wildman–Crippen MR) is 136 cm³/mol. The Morgan fingerprint density at radius 2 is 0.921 bits per heavy atom. The van der Waals surface area contributed by atoms with Gasteiger partial charge in [0.25, 0.3) is 0 Å². The topological polar surface area (TPSA) is 46.9 Å². The molecule has 0 spiro atoms. The minimum Gasteiger partial charge on any atom is -0.258 e. The zero-order valence-electron chi connectivity index (χ0n) is 20.6. The molecule has 3 nitrogen and oxygen atoms in total. The van der Waals surface area contributed by atoms with Gasteiger partial charge in [0.2, 0.25) is 10.7 Å². The van der Waals surface area contributed by atoms with Crippen molar-refractivity contribution in [2.45, 2.75) is 45.8 Å². The van der Waals surface area contributed by atoms with Crippen LogP contribution in [0, 0.1) is 29.1 Å². The van der Waals surface area contributed by atoms with E-state index in [1.54, 1.807) is 84.9 Å². The molecule has 0 saturated heterocycles. The van der Waals surface area contributed by atoms with Gasteiger partial charge in [-0.1, -0.05) is 69.3 Å². The molecule has 0 bridgehead atoms. The van der Waals surface area contributed by atoms with Crippen LogP contribution >= 0.6 is 10.3 Å². The lowest BCUT2D eigenvalue weighted by molar-refractivity contribution is 0.338. The summed E-state index contributed by atoms with van der Waals surface area (Å²) in [6.07, 6.45) is 0. The largest absolute Gasteiger partial charge is 0.428 e. The first-order valence-electron chi connectivity index (χ1n) is 11.4. The van der Waals surface area contributed by atoms with E-state index >= 15 is 0 Å². The average Bonchev–Trinajstić information content (AvgIpc) is 2.90. The number of hydrogen-bond acceptors (Lipinski definition) is 2. The second kappa shape index (κ2) is 10.2. The Kier molecular flexibility index (Phi) is 7.44. The lowest BCUT2D eigenvalue weighted by Gasteiger charge is -2.35. The first-order valence-corrected chi connectivity index (χ1v) is 14.4. The van der Waals surface area contributed by atoms with Crippen LogP contribution in [-0.2, 0) is 15.5 Å². The number of hydrogen-bond donors (Lipinski definition) is 0. The van der Waals surface area contributed by atoms with Crippen LogP contribution < -0.4 is 0 Å². The Morgan fingerprint density at radius 1 is 0.553 bits per heavy atom. The van der Waals surface area contributed by atoms with Crippen molar-refractivity contribution in [2.75, 3.05) is 0 Å². The molecule has 10 heteroatoms. The number of rotatable bonds is 6. The highest BCUT2D eigenvalue weighted by molar-refractivity contribution is 8.32. The van der Waals surface area contributed by atoms with Crippen LogP contribution in [0.3, 0.4) is 0 Å². The summed E-state index contributed by atoms with van der Waals surface area (Å²) in [5, 5.41) is 0. The van der Waals surface area contributed by atoms with Gasteiger partial charge in [0.1, 0.15) is 0 Å². The SMILES string of the molecule is CC(C)(C)c1ccc(S([OH+]S(=O)(=O)c2c(F)c(F)c(F)c(F)c2F)(c2ccccc2)c2ccccc2)cc1. The molecule has 4 aromatic rings. The van der Waals surface area contributed by atoms with E-state index in [4.69, 9.17) is 0 Å². The monoisotopic (exact) mass is 567 g/mol. The van der Waals surface area contributed by atoms with Gasteiger partial charge in [-0.15, -0.1) is 8.42 Å². The molecule has 0 heterocycles. The van der Waals surface area contributed by atoms with E-state index in [1.165, 1.54) is 0 Å². The molecule has 0 amide bonds. The Labute approximate surface area is 219 Å². The molecule has 0 aliphatic carbocycles. The summed E-state index contributed by atoms with van der Waals surface area (Å²) in [6, 6.07) is 23.3. The highest BCUT2D eigenvalue weighted by Crippen LogP contribution is 2.68. The summed E-state index contributed by atoms with van der Waals surface area (Å²) in [5.41, 5.74) is 0.688. The second-order valence-electron chi connectivity index (χ2n) is 9.43. The van der Waals surface area contributed by atoms with Crippen LogP contribution in [0.1, 0.15) is 26.3 Å². The molecule has 38 heavy (non-hydrogen) atoms. The molecule has 0 atom stereocenters. The fraction of sp³-hybridized carbons (Fsp3) is 0.143. The van der Waals surface area contributed by atoms with Crippen LogP contribution in [0.5, 0.6) is 0 Å². The fourth-order valence-corrected chi connectivity index (χ4v) is 9.51. The smallest absolute Gasteiger partial charge is 0.258 e. The standard InChI is InChI=1S/C28H23F5O3S2/c1-28(2,3)18-14-16-21(17-15-18)37(19-10-6-4-7-11-19,20-12-8-5-9-13-20)36-38(34,35)27-25(32)23(30)22(29)24(31)26(27)33/h4-17H,1-3H3/p+1. The van der Waals surface area contributed by atoms with Crippen molar-refractivity contribution in [3.63, 3.8) is 0 Å². The van der Waals surface area contributed by atoms with Crippen molar-refractivity contribution in [1.29, 1.82) is 0 Å². The van der Waals surface area contributed by atoms with E-state index in [-0.39, 0.29) is 5.41 Å². The van der Waals surface area contributed by atoms with Gasteiger partial charge in [0.15, 0.2) is 23.3 Å². The van der Waals surface area contributed by atoms with Gasteiger partial charge >= 0.3 is 10.1 Å². The average molecular weight is 568 g/mol. The third-order valence-corrected chi connectivity index (χ3v) is 11.3. The van der Waals surface area contributed by atoms with Crippen LogP contribution in [-0.4, -0.2) is 12.0 Å². The lowest BCUT2D eigenvalue weighted by Crippen LogP contribution is -2.22. The summed E-state index contributed by atoms with van der Waals surface area (Å²) in [6.45, 7) is 5.98. The molecule has 1 N–H and O–H groups in total. The van der Waals surface area contributed by atoms with Crippen LogP contribution in [0.4, 0.5) is 22.0 Å². The van der Waals surface area contributed by atoms with E-state index in [9.17, 15) is 30.4 Å². The first kappa shape index (κ1) is 27.8. The van der Waals surface area contributed by atoms with Crippen molar-refractivity contribution >= 4 is 20.4 Å². The van der Waals surface area contributed by atoms with Crippen molar-refractivity contribution in [2.24, 2.45) is 0 Å². The molecular weight excluding hydrogens is 543 g/mol. The molecule has 4 rings (SSSR count). The first-order chi connectivity index (χ1) is 17.8. The van der Waals surface area contributed by atoms with Crippen molar-refractivity contribution in [3.8, 4) is 0 Å². The quantitative estimate of drug-likeness (QED) is 0.0773. The molecule has 200 valence electrons. The van der Waals surface area contributed by atoms with Gasteiger partial charge in [0, 0.05) is 0 Å². The second-order valence-corrected chi connectivity index (χ2v) is 14.0. The van der Waals surface area contributed by atoms with Crippen molar-refractivity contribution in [3.05, 3.63) is 120 Å². The molecule has 0 fully saturated rings. The molecule has 0 radical (unpaired) electrons. The number of benzene rings is 4. The molecule has 0 aliphatic rings. The maximum Gasteiger partial charge on any atom is 0.428 e. The van der Waals surface area contributed by atoms with Gasteiger partial charge in [-0.25, -0.2) is 22.0 Å². The Hall–Kier alpha value is -3.21.